The molecule has 11 nitrogen and oxygen atoms in total. The third-order valence-electron chi connectivity index (χ3n) is 6.20. The van der Waals surface area contributed by atoms with Crippen LogP contribution in [0, 0.1) is 5.82 Å². The SMILES string of the molecule is COC(=O)CC(NC(=O)CNC(=O)c1cc(NC2NCC(F)CN2)c2cn[nH]c2c1)c1cc(F)cc(C(F)(F)F)c1. The van der Waals surface area contributed by atoms with Crippen LogP contribution in [-0.4, -0.2) is 67.2 Å². The van der Waals surface area contributed by atoms with Gasteiger partial charge in [-0.15, -0.1) is 0 Å². The molecule has 1 aromatic heterocycles. The fraction of sp³-hybridized carbons (Fsp3) is 0.360. The lowest BCUT2D eigenvalue weighted by atomic mass is 10.0. The highest BCUT2D eigenvalue weighted by Gasteiger charge is 2.32. The van der Waals surface area contributed by atoms with E-state index in [2.05, 4.69) is 41.5 Å². The Bertz CT molecular complexity index is 1420. The largest absolute Gasteiger partial charge is 0.469 e. The minimum absolute atomic E-state index is 0.124. The molecule has 2 amide bonds. The van der Waals surface area contributed by atoms with Gasteiger partial charge in [0.05, 0.1) is 43.4 Å². The van der Waals surface area contributed by atoms with E-state index in [1.54, 1.807) is 0 Å². The van der Waals surface area contributed by atoms with Gasteiger partial charge in [0.2, 0.25) is 5.91 Å². The Hall–Kier alpha value is -4.31. The summed E-state index contributed by atoms with van der Waals surface area (Å²) in [5.41, 5.74) is -0.507. The first-order chi connectivity index (χ1) is 19.4. The molecule has 1 unspecified atom stereocenters. The van der Waals surface area contributed by atoms with Gasteiger partial charge in [-0.1, -0.05) is 0 Å². The fourth-order valence-corrected chi connectivity index (χ4v) is 4.18. The zero-order valence-corrected chi connectivity index (χ0v) is 21.5. The molecule has 3 aromatic rings. The standard InChI is InChI=1S/C25H26F5N7O4/c1-41-22(39)7-18(12-2-14(25(28,29)30)6-15(26)3-12)35-21(38)11-31-23(40)13-4-19(17-10-34-37-20(17)5-13)36-24-32-8-16(27)9-33-24/h2-6,10,16,18,24,32-33,36H,7-9,11H2,1H3,(H,31,40)(H,34,37)(H,35,38). The Morgan fingerprint density at radius 1 is 1.12 bits per heavy atom. The van der Waals surface area contributed by atoms with Gasteiger partial charge < -0.3 is 20.7 Å². The quantitative estimate of drug-likeness (QED) is 0.166. The van der Waals surface area contributed by atoms with E-state index < -0.39 is 66.8 Å². The van der Waals surface area contributed by atoms with E-state index in [0.717, 1.165) is 13.2 Å². The number of amides is 2. The van der Waals surface area contributed by atoms with E-state index in [9.17, 15) is 36.3 Å². The van der Waals surface area contributed by atoms with Gasteiger partial charge in [-0.2, -0.15) is 18.3 Å². The Labute approximate surface area is 229 Å². The predicted molar refractivity (Wildman–Crippen MR) is 136 cm³/mol. The van der Waals surface area contributed by atoms with Crippen LogP contribution in [0.3, 0.4) is 0 Å². The summed E-state index contributed by atoms with van der Waals surface area (Å²) in [6.07, 6.45) is -5.46. The van der Waals surface area contributed by atoms with Crippen molar-refractivity contribution in [1.29, 1.82) is 0 Å². The Morgan fingerprint density at radius 3 is 2.54 bits per heavy atom. The number of halogens is 5. The third kappa shape index (κ3) is 7.67. The molecule has 0 spiro atoms. The van der Waals surface area contributed by atoms with Gasteiger partial charge in [0.1, 0.15) is 18.3 Å². The lowest BCUT2D eigenvalue weighted by Crippen LogP contribution is -2.57. The highest BCUT2D eigenvalue weighted by Crippen LogP contribution is 2.32. The molecule has 1 atom stereocenters. The first kappa shape index (κ1) is 29.7. The van der Waals surface area contributed by atoms with E-state index >= 15 is 0 Å². The molecule has 16 heteroatoms. The summed E-state index contributed by atoms with van der Waals surface area (Å²) in [6, 6.07) is 3.29. The van der Waals surface area contributed by atoms with Crippen LogP contribution in [0.25, 0.3) is 10.9 Å². The van der Waals surface area contributed by atoms with Crippen molar-refractivity contribution in [2.24, 2.45) is 0 Å². The molecule has 1 aliphatic rings. The van der Waals surface area contributed by atoms with E-state index in [0.29, 0.717) is 28.7 Å². The molecule has 2 heterocycles. The zero-order chi connectivity index (χ0) is 29.7. The molecule has 2 aromatic carbocycles. The van der Waals surface area contributed by atoms with Gasteiger partial charge in [0, 0.05) is 29.7 Å². The number of nitrogens with one attached hydrogen (secondary N) is 6. The molecule has 6 N–H and O–H groups in total. The van der Waals surface area contributed by atoms with Crippen molar-refractivity contribution in [1.82, 2.24) is 31.5 Å². The molecule has 41 heavy (non-hydrogen) atoms. The molecule has 0 radical (unpaired) electrons. The topological polar surface area (TPSA) is 149 Å². The maximum absolute atomic E-state index is 14.0. The van der Waals surface area contributed by atoms with E-state index in [1.165, 1.54) is 18.3 Å². The van der Waals surface area contributed by atoms with Gasteiger partial charge in [-0.05, 0) is 35.9 Å². The van der Waals surface area contributed by atoms with E-state index in [1.807, 2.05) is 0 Å². The van der Waals surface area contributed by atoms with Crippen molar-refractivity contribution in [3.8, 4) is 0 Å². The molecule has 1 fully saturated rings. The van der Waals surface area contributed by atoms with Crippen molar-refractivity contribution < 1.29 is 41.1 Å². The number of hydrogen-bond donors (Lipinski definition) is 6. The molecular formula is C25H26F5N7O4. The number of alkyl halides is 4. The Kier molecular flexibility index (Phi) is 9.02. The van der Waals surface area contributed by atoms with Crippen LogP contribution in [0.1, 0.15) is 33.9 Å². The molecule has 1 saturated heterocycles. The van der Waals surface area contributed by atoms with Crippen molar-refractivity contribution in [2.75, 3.05) is 32.1 Å². The van der Waals surface area contributed by atoms with Gasteiger partial charge in [-0.3, -0.25) is 30.1 Å². The second-order valence-electron chi connectivity index (χ2n) is 9.20. The number of nitrogens with zero attached hydrogens (tertiary/aromatic N) is 1. The summed E-state index contributed by atoms with van der Waals surface area (Å²) in [5, 5.41) is 21.1. The molecule has 4 rings (SSSR count). The Balaban J connectivity index is 1.46. The number of benzene rings is 2. The number of anilines is 1. The van der Waals surface area contributed by atoms with Crippen LogP contribution in [0.15, 0.2) is 36.5 Å². The second-order valence-corrected chi connectivity index (χ2v) is 9.20. The van der Waals surface area contributed by atoms with Crippen molar-refractivity contribution in [3.63, 3.8) is 0 Å². The van der Waals surface area contributed by atoms with Crippen LogP contribution in [0.2, 0.25) is 0 Å². The lowest BCUT2D eigenvalue weighted by molar-refractivity contribution is -0.141. The van der Waals surface area contributed by atoms with Gasteiger partial charge in [0.15, 0.2) is 0 Å². The van der Waals surface area contributed by atoms with E-state index in [4.69, 9.17) is 0 Å². The predicted octanol–water partition coefficient (Wildman–Crippen LogP) is 2.10. The van der Waals surface area contributed by atoms with Crippen LogP contribution >= 0.6 is 0 Å². The first-order valence-corrected chi connectivity index (χ1v) is 12.3. The number of carbonyl (C=O) groups is 3. The summed E-state index contributed by atoms with van der Waals surface area (Å²) < 4.78 is 71.5. The van der Waals surface area contributed by atoms with Crippen LogP contribution in [-0.2, 0) is 20.5 Å². The van der Waals surface area contributed by atoms with Crippen molar-refractivity contribution >= 4 is 34.4 Å². The Morgan fingerprint density at radius 2 is 1.85 bits per heavy atom. The molecule has 0 aliphatic carbocycles. The summed E-state index contributed by atoms with van der Waals surface area (Å²) in [5.74, 6) is -3.62. The summed E-state index contributed by atoms with van der Waals surface area (Å²) in [6.45, 7) is -0.372. The maximum atomic E-state index is 14.0. The average Bonchev–Trinajstić information content (AvgIpc) is 3.41. The number of hydrogen-bond acceptors (Lipinski definition) is 8. The molecule has 0 saturated carbocycles. The molecular weight excluding hydrogens is 557 g/mol. The third-order valence-corrected chi connectivity index (χ3v) is 6.20. The number of esters is 1. The maximum Gasteiger partial charge on any atom is 0.416 e. The number of rotatable bonds is 9. The molecule has 220 valence electrons. The van der Waals surface area contributed by atoms with Gasteiger partial charge >= 0.3 is 12.1 Å². The minimum Gasteiger partial charge on any atom is -0.469 e. The summed E-state index contributed by atoms with van der Waals surface area (Å²) in [7, 11) is 1.05. The normalized spacial score (nSPS) is 18.0. The number of ether oxygens (including phenoxy) is 1. The lowest BCUT2D eigenvalue weighted by Gasteiger charge is -2.29. The van der Waals surface area contributed by atoms with Crippen molar-refractivity contribution in [2.45, 2.75) is 31.1 Å². The number of H-pyrrole nitrogens is 1. The summed E-state index contributed by atoms with van der Waals surface area (Å²) in [4.78, 5) is 37.4. The van der Waals surface area contributed by atoms with Crippen LogP contribution in [0.4, 0.5) is 27.6 Å². The number of aromatic nitrogens is 2. The number of carbonyl (C=O) groups excluding carboxylic acids is 3. The minimum atomic E-state index is -4.87. The highest BCUT2D eigenvalue weighted by atomic mass is 19.4. The molecule has 1 aliphatic heterocycles. The number of aromatic amines is 1. The first-order valence-electron chi connectivity index (χ1n) is 12.3. The zero-order valence-electron chi connectivity index (χ0n) is 21.5. The fourth-order valence-electron chi connectivity index (χ4n) is 4.18. The van der Waals surface area contributed by atoms with Crippen LogP contribution < -0.4 is 26.6 Å². The van der Waals surface area contributed by atoms with Crippen LogP contribution in [0.5, 0.6) is 0 Å². The smallest absolute Gasteiger partial charge is 0.416 e. The monoisotopic (exact) mass is 583 g/mol. The van der Waals surface area contributed by atoms with Gasteiger partial charge in [-0.25, -0.2) is 8.78 Å². The number of fused-ring (bicyclic) bond motifs is 1. The van der Waals surface area contributed by atoms with E-state index in [-0.39, 0.29) is 24.2 Å². The average molecular weight is 584 g/mol. The summed E-state index contributed by atoms with van der Waals surface area (Å²) >= 11 is 0. The number of methoxy groups -OCH3 is 1. The van der Waals surface area contributed by atoms with Crippen molar-refractivity contribution in [3.05, 3.63) is 59.0 Å². The highest BCUT2D eigenvalue weighted by molar-refractivity contribution is 6.03. The van der Waals surface area contributed by atoms with Gasteiger partial charge in [0.25, 0.3) is 5.91 Å². The molecule has 0 bridgehead atoms. The second kappa shape index (κ2) is 12.5.